The van der Waals surface area contributed by atoms with Crippen LogP contribution in [0.3, 0.4) is 0 Å². The fourth-order valence-corrected chi connectivity index (χ4v) is 0.945. The summed E-state index contributed by atoms with van der Waals surface area (Å²) in [5.74, 6) is 1.38. The number of hydrogen-bond donors (Lipinski definition) is 2. The van der Waals surface area contributed by atoms with Crippen LogP contribution in [0.15, 0.2) is 18.2 Å². The van der Waals surface area contributed by atoms with Gasteiger partial charge in [-0.25, -0.2) is 0 Å². The summed E-state index contributed by atoms with van der Waals surface area (Å²) in [5, 5.41) is 3.14. The second-order valence-electron chi connectivity index (χ2n) is 3.91. The molecule has 1 aromatic rings. The molecule has 0 bridgehead atoms. The number of hydrogen-bond acceptors (Lipinski definition) is 4. The Morgan fingerprint density at radius 2 is 2.21 bits per heavy atom. The summed E-state index contributed by atoms with van der Waals surface area (Å²) in [7, 11) is 1.60. The Labute approximate surface area is 84.5 Å². The minimum atomic E-state index is -0.245. The van der Waals surface area contributed by atoms with E-state index in [1.54, 1.807) is 13.2 Å². The minimum absolute atomic E-state index is 0.245. The van der Waals surface area contributed by atoms with E-state index >= 15 is 0 Å². The second-order valence-corrected chi connectivity index (χ2v) is 3.91. The molecule has 0 atom stereocenters. The highest BCUT2D eigenvalue weighted by Crippen LogP contribution is 2.11. The van der Waals surface area contributed by atoms with Gasteiger partial charge in [-0.1, -0.05) is 6.07 Å². The van der Waals surface area contributed by atoms with Gasteiger partial charge in [0.05, 0.1) is 7.11 Å². The molecule has 0 spiro atoms. The van der Waals surface area contributed by atoms with Crippen LogP contribution in [-0.4, -0.2) is 24.2 Å². The highest BCUT2D eigenvalue weighted by molar-refractivity contribution is 5.37. The highest BCUT2D eigenvalue weighted by Gasteiger charge is 2.09. The van der Waals surface area contributed by atoms with E-state index in [4.69, 9.17) is 10.5 Å². The van der Waals surface area contributed by atoms with E-state index in [0.29, 0.717) is 12.4 Å². The van der Waals surface area contributed by atoms with Crippen molar-refractivity contribution in [3.05, 3.63) is 18.2 Å². The molecule has 0 aliphatic heterocycles. The van der Waals surface area contributed by atoms with Crippen molar-refractivity contribution in [2.75, 3.05) is 19.0 Å². The Morgan fingerprint density at radius 1 is 1.50 bits per heavy atom. The molecular formula is C10H17N3O. The van der Waals surface area contributed by atoms with Gasteiger partial charge in [-0.2, -0.15) is 4.98 Å². The molecule has 1 aromatic heterocycles. The molecule has 78 valence electrons. The standard InChI is InChI=1S/C10H17N3O/c1-10(2,11)7-12-8-5-4-6-9(13-8)14-3/h4-6H,7,11H2,1-3H3,(H,12,13). The van der Waals surface area contributed by atoms with Gasteiger partial charge in [0.25, 0.3) is 0 Å². The van der Waals surface area contributed by atoms with Gasteiger partial charge >= 0.3 is 0 Å². The van der Waals surface area contributed by atoms with Gasteiger partial charge < -0.3 is 15.8 Å². The SMILES string of the molecule is COc1cccc(NCC(C)(C)N)n1. The Kier molecular flexibility index (Phi) is 3.30. The van der Waals surface area contributed by atoms with Gasteiger partial charge in [-0.15, -0.1) is 0 Å². The molecule has 4 nitrogen and oxygen atoms in total. The summed E-state index contributed by atoms with van der Waals surface area (Å²) in [5.41, 5.74) is 5.59. The smallest absolute Gasteiger partial charge is 0.214 e. The van der Waals surface area contributed by atoms with E-state index < -0.39 is 0 Å². The highest BCUT2D eigenvalue weighted by atomic mass is 16.5. The first-order valence-corrected chi connectivity index (χ1v) is 4.55. The summed E-state index contributed by atoms with van der Waals surface area (Å²) in [6.45, 7) is 4.59. The van der Waals surface area contributed by atoms with Gasteiger partial charge in [0.2, 0.25) is 5.88 Å². The Hall–Kier alpha value is -1.29. The van der Waals surface area contributed by atoms with Crippen LogP contribution in [0.5, 0.6) is 5.88 Å². The average molecular weight is 195 g/mol. The van der Waals surface area contributed by atoms with Gasteiger partial charge in [0, 0.05) is 18.2 Å². The maximum Gasteiger partial charge on any atom is 0.214 e. The van der Waals surface area contributed by atoms with Crippen LogP contribution < -0.4 is 15.8 Å². The van der Waals surface area contributed by atoms with E-state index in [1.807, 2.05) is 26.0 Å². The number of rotatable bonds is 4. The molecule has 1 rings (SSSR count). The monoisotopic (exact) mass is 195 g/mol. The van der Waals surface area contributed by atoms with Crippen molar-refractivity contribution in [1.29, 1.82) is 0 Å². The Bertz CT molecular complexity index is 294. The number of aromatic nitrogens is 1. The molecule has 0 aliphatic carbocycles. The predicted molar refractivity (Wildman–Crippen MR) is 57.5 cm³/mol. The lowest BCUT2D eigenvalue weighted by atomic mass is 10.1. The minimum Gasteiger partial charge on any atom is -0.481 e. The number of pyridine rings is 1. The normalized spacial score (nSPS) is 11.1. The number of nitrogens with one attached hydrogen (secondary N) is 1. The Morgan fingerprint density at radius 3 is 2.79 bits per heavy atom. The number of nitrogens with two attached hydrogens (primary N) is 1. The molecule has 4 heteroatoms. The fraction of sp³-hybridized carbons (Fsp3) is 0.500. The van der Waals surface area contributed by atoms with E-state index in [0.717, 1.165) is 5.82 Å². The van der Waals surface area contributed by atoms with Crippen molar-refractivity contribution in [2.45, 2.75) is 19.4 Å². The quantitative estimate of drug-likeness (QED) is 0.758. The number of ether oxygens (including phenoxy) is 1. The molecular weight excluding hydrogens is 178 g/mol. The summed E-state index contributed by atoms with van der Waals surface area (Å²) < 4.78 is 5.00. The van der Waals surface area contributed by atoms with Crippen molar-refractivity contribution < 1.29 is 4.74 Å². The fourth-order valence-electron chi connectivity index (χ4n) is 0.945. The largest absolute Gasteiger partial charge is 0.481 e. The van der Waals surface area contributed by atoms with Crippen LogP contribution in [0.1, 0.15) is 13.8 Å². The molecule has 0 fully saturated rings. The van der Waals surface area contributed by atoms with Crippen molar-refractivity contribution in [3.8, 4) is 5.88 Å². The second kappa shape index (κ2) is 4.28. The van der Waals surface area contributed by atoms with Crippen LogP contribution in [0.2, 0.25) is 0 Å². The zero-order valence-electron chi connectivity index (χ0n) is 8.87. The van der Waals surface area contributed by atoms with Crippen LogP contribution in [0, 0.1) is 0 Å². The maximum atomic E-state index is 5.83. The van der Waals surface area contributed by atoms with E-state index in [1.165, 1.54) is 0 Å². The first-order valence-electron chi connectivity index (χ1n) is 4.55. The molecule has 0 aromatic carbocycles. The third kappa shape index (κ3) is 3.62. The van der Waals surface area contributed by atoms with Gasteiger partial charge in [-0.05, 0) is 19.9 Å². The van der Waals surface area contributed by atoms with Crippen LogP contribution >= 0.6 is 0 Å². The van der Waals surface area contributed by atoms with Crippen LogP contribution in [0.25, 0.3) is 0 Å². The van der Waals surface area contributed by atoms with Crippen molar-refractivity contribution >= 4 is 5.82 Å². The predicted octanol–water partition coefficient (Wildman–Crippen LogP) is 1.24. The van der Waals surface area contributed by atoms with Crippen LogP contribution in [0.4, 0.5) is 5.82 Å². The van der Waals surface area contributed by atoms with E-state index in [9.17, 15) is 0 Å². The third-order valence-electron chi connectivity index (χ3n) is 1.66. The number of nitrogens with zero attached hydrogens (tertiary/aromatic N) is 1. The van der Waals surface area contributed by atoms with E-state index in [-0.39, 0.29) is 5.54 Å². The molecule has 0 aliphatic rings. The molecule has 0 saturated heterocycles. The number of methoxy groups -OCH3 is 1. The summed E-state index contributed by atoms with van der Waals surface area (Å²) in [6, 6.07) is 5.57. The van der Waals surface area contributed by atoms with Gasteiger partial charge in [-0.3, -0.25) is 0 Å². The zero-order chi connectivity index (χ0) is 10.6. The summed E-state index contributed by atoms with van der Waals surface area (Å²) in [4.78, 5) is 4.21. The zero-order valence-corrected chi connectivity index (χ0v) is 8.87. The molecule has 1 heterocycles. The van der Waals surface area contributed by atoms with Crippen molar-refractivity contribution in [2.24, 2.45) is 5.73 Å². The van der Waals surface area contributed by atoms with Gasteiger partial charge in [0.15, 0.2) is 0 Å². The third-order valence-corrected chi connectivity index (χ3v) is 1.66. The lowest BCUT2D eigenvalue weighted by Gasteiger charge is -2.19. The van der Waals surface area contributed by atoms with Crippen molar-refractivity contribution in [1.82, 2.24) is 4.98 Å². The first-order chi connectivity index (χ1) is 6.51. The lowest BCUT2D eigenvalue weighted by Crippen LogP contribution is -2.39. The molecule has 0 unspecified atom stereocenters. The molecule has 14 heavy (non-hydrogen) atoms. The number of anilines is 1. The van der Waals surface area contributed by atoms with Crippen molar-refractivity contribution in [3.63, 3.8) is 0 Å². The molecule has 0 radical (unpaired) electrons. The first kappa shape index (κ1) is 10.8. The topological polar surface area (TPSA) is 60.2 Å². The van der Waals surface area contributed by atoms with Gasteiger partial charge in [0.1, 0.15) is 5.82 Å². The molecule has 3 N–H and O–H groups in total. The average Bonchev–Trinajstić information content (AvgIpc) is 2.14. The maximum absolute atomic E-state index is 5.83. The summed E-state index contributed by atoms with van der Waals surface area (Å²) >= 11 is 0. The van der Waals surface area contributed by atoms with E-state index in [2.05, 4.69) is 10.3 Å². The lowest BCUT2D eigenvalue weighted by molar-refractivity contribution is 0.398. The Balaban J connectivity index is 2.59. The molecule has 0 saturated carbocycles. The molecule has 0 amide bonds. The van der Waals surface area contributed by atoms with Crippen LogP contribution in [-0.2, 0) is 0 Å². The summed E-state index contributed by atoms with van der Waals surface area (Å²) in [6.07, 6.45) is 0.